The molecule has 0 saturated heterocycles. The number of rotatable bonds is 21. The van der Waals surface area contributed by atoms with E-state index in [9.17, 15) is 9.59 Å². The Bertz CT molecular complexity index is 366. The van der Waals surface area contributed by atoms with Crippen molar-refractivity contribution in [3.05, 3.63) is 0 Å². The van der Waals surface area contributed by atoms with Gasteiger partial charge in [-0.2, -0.15) is 0 Å². The Morgan fingerprint density at radius 2 is 0.833 bits per heavy atom. The molecule has 0 bridgehead atoms. The van der Waals surface area contributed by atoms with Gasteiger partial charge in [0.15, 0.2) is 0 Å². The second-order valence-electron chi connectivity index (χ2n) is 9.55. The predicted molar refractivity (Wildman–Crippen MR) is 125 cm³/mol. The highest BCUT2D eigenvalue weighted by Crippen LogP contribution is 2.11. The van der Waals surface area contributed by atoms with Crippen LogP contribution in [0.5, 0.6) is 0 Å². The molecule has 0 radical (unpaired) electrons. The van der Waals surface area contributed by atoms with Crippen LogP contribution in [0.3, 0.4) is 0 Å². The van der Waals surface area contributed by atoms with Crippen molar-refractivity contribution in [1.82, 2.24) is 0 Å². The summed E-state index contributed by atoms with van der Waals surface area (Å²) in [5, 5.41) is 0. The molecule has 0 fully saturated rings. The summed E-state index contributed by atoms with van der Waals surface area (Å²) in [4.78, 5) is 23.4. The molecule has 30 heavy (non-hydrogen) atoms. The van der Waals surface area contributed by atoms with Gasteiger partial charge in [0, 0.05) is 12.8 Å². The number of carbonyl (C=O) groups excluding carboxylic acids is 2. The van der Waals surface area contributed by atoms with Crippen LogP contribution in [0.4, 0.5) is 0 Å². The second-order valence-corrected chi connectivity index (χ2v) is 9.55. The molecule has 0 saturated carbocycles. The van der Waals surface area contributed by atoms with Crippen molar-refractivity contribution in [1.29, 1.82) is 0 Å². The largest absolute Gasteiger partial charge is 0.466 e. The number of unbranched alkanes of at least 4 members (excludes halogenated alkanes) is 9. The Kier molecular flexibility index (Phi) is 20.4. The monoisotopic (exact) mass is 426 g/mol. The minimum Gasteiger partial charge on any atom is -0.466 e. The lowest BCUT2D eigenvalue weighted by molar-refractivity contribution is -0.145. The first kappa shape index (κ1) is 28.9. The molecule has 0 rings (SSSR count). The number of esters is 2. The van der Waals surface area contributed by atoms with E-state index >= 15 is 0 Å². The average molecular weight is 427 g/mol. The minimum atomic E-state index is -0.0787. The van der Waals surface area contributed by atoms with Gasteiger partial charge in [-0.15, -0.1) is 0 Å². The van der Waals surface area contributed by atoms with E-state index in [2.05, 4.69) is 27.7 Å². The van der Waals surface area contributed by atoms with E-state index in [1.165, 1.54) is 38.5 Å². The molecule has 4 nitrogen and oxygen atoms in total. The lowest BCUT2D eigenvalue weighted by Gasteiger charge is -2.07. The fraction of sp³-hybridized carbons (Fsp3) is 0.923. The first-order chi connectivity index (χ1) is 14.4. The van der Waals surface area contributed by atoms with Crippen LogP contribution in [0.2, 0.25) is 0 Å². The van der Waals surface area contributed by atoms with E-state index in [0.29, 0.717) is 26.1 Å². The van der Waals surface area contributed by atoms with Gasteiger partial charge in [-0.1, -0.05) is 91.9 Å². The molecule has 0 aliphatic carbocycles. The van der Waals surface area contributed by atoms with Crippen LogP contribution in [0.15, 0.2) is 0 Å². The van der Waals surface area contributed by atoms with Crippen molar-refractivity contribution < 1.29 is 19.1 Å². The van der Waals surface area contributed by atoms with Crippen LogP contribution in [0, 0.1) is 11.8 Å². The van der Waals surface area contributed by atoms with Crippen molar-refractivity contribution in [2.75, 3.05) is 13.2 Å². The molecule has 0 unspecified atom stereocenters. The Labute approximate surface area is 186 Å². The number of ether oxygens (including phenoxy) is 2. The summed E-state index contributed by atoms with van der Waals surface area (Å²) in [6.45, 7) is 10.1. The van der Waals surface area contributed by atoms with Gasteiger partial charge in [0.1, 0.15) is 0 Å². The summed E-state index contributed by atoms with van der Waals surface area (Å²) in [5.41, 5.74) is 0. The molecule has 0 aliphatic rings. The van der Waals surface area contributed by atoms with Gasteiger partial charge >= 0.3 is 11.9 Å². The predicted octanol–water partition coefficient (Wildman–Crippen LogP) is 7.63. The number of hydrogen-bond donors (Lipinski definition) is 0. The van der Waals surface area contributed by atoms with Gasteiger partial charge in [-0.25, -0.2) is 0 Å². The summed E-state index contributed by atoms with van der Waals surface area (Å²) in [7, 11) is 0. The van der Waals surface area contributed by atoms with Crippen LogP contribution < -0.4 is 0 Å². The summed E-state index contributed by atoms with van der Waals surface area (Å²) in [5.74, 6) is 1.40. The second kappa shape index (κ2) is 21.2. The zero-order valence-electron chi connectivity index (χ0n) is 20.5. The van der Waals surface area contributed by atoms with Crippen molar-refractivity contribution in [3.8, 4) is 0 Å². The molecule has 0 aromatic heterocycles. The van der Waals surface area contributed by atoms with Crippen molar-refractivity contribution in [2.24, 2.45) is 11.8 Å². The van der Waals surface area contributed by atoms with E-state index in [4.69, 9.17) is 9.47 Å². The quantitative estimate of drug-likeness (QED) is 0.140. The Hall–Kier alpha value is -1.06. The number of hydrogen-bond acceptors (Lipinski definition) is 4. The summed E-state index contributed by atoms with van der Waals surface area (Å²) >= 11 is 0. The van der Waals surface area contributed by atoms with E-state index in [1.54, 1.807) is 0 Å². The third kappa shape index (κ3) is 23.2. The summed E-state index contributed by atoms with van der Waals surface area (Å²) < 4.78 is 10.6. The number of carbonyl (C=O) groups is 2. The van der Waals surface area contributed by atoms with E-state index < -0.39 is 0 Å². The van der Waals surface area contributed by atoms with Crippen LogP contribution in [0.1, 0.15) is 130 Å². The molecule has 0 N–H and O–H groups in total. The molecule has 178 valence electrons. The maximum absolute atomic E-state index is 11.7. The van der Waals surface area contributed by atoms with Crippen LogP contribution in [-0.2, 0) is 19.1 Å². The van der Waals surface area contributed by atoms with Gasteiger partial charge in [0.25, 0.3) is 0 Å². The Morgan fingerprint density at radius 1 is 0.500 bits per heavy atom. The zero-order chi connectivity index (χ0) is 22.5. The van der Waals surface area contributed by atoms with Gasteiger partial charge < -0.3 is 9.47 Å². The third-order valence-electron chi connectivity index (χ3n) is 5.39. The topological polar surface area (TPSA) is 52.6 Å². The van der Waals surface area contributed by atoms with Gasteiger partial charge in [-0.3, -0.25) is 9.59 Å². The zero-order valence-corrected chi connectivity index (χ0v) is 20.5. The molecular formula is C26H50O4. The smallest absolute Gasteiger partial charge is 0.305 e. The average Bonchev–Trinajstić information content (AvgIpc) is 2.68. The molecule has 0 aromatic carbocycles. The van der Waals surface area contributed by atoms with Crippen LogP contribution >= 0.6 is 0 Å². The third-order valence-corrected chi connectivity index (χ3v) is 5.39. The maximum atomic E-state index is 11.7. The van der Waals surface area contributed by atoms with Crippen LogP contribution in [0.25, 0.3) is 0 Å². The molecule has 0 spiro atoms. The maximum Gasteiger partial charge on any atom is 0.305 e. The van der Waals surface area contributed by atoms with Crippen molar-refractivity contribution >= 4 is 11.9 Å². The van der Waals surface area contributed by atoms with Gasteiger partial charge in [-0.05, 0) is 37.5 Å². The highest BCUT2D eigenvalue weighted by Gasteiger charge is 2.05. The first-order valence-corrected chi connectivity index (χ1v) is 12.7. The van der Waals surface area contributed by atoms with Crippen LogP contribution in [-0.4, -0.2) is 25.2 Å². The molecule has 0 aliphatic heterocycles. The van der Waals surface area contributed by atoms with E-state index in [-0.39, 0.29) is 11.9 Å². The van der Waals surface area contributed by atoms with E-state index in [1.807, 2.05) is 0 Å². The fourth-order valence-corrected chi connectivity index (χ4v) is 3.42. The molecule has 0 heterocycles. The Balaban J connectivity index is 3.31. The molecular weight excluding hydrogens is 376 g/mol. The minimum absolute atomic E-state index is 0.0787. The highest BCUT2D eigenvalue weighted by atomic mass is 16.5. The first-order valence-electron chi connectivity index (χ1n) is 12.7. The molecule has 0 atom stereocenters. The Morgan fingerprint density at radius 3 is 1.20 bits per heavy atom. The van der Waals surface area contributed by atoms with Crippen molar-refractivity contribution in [3.63, 3.8) is 0 Å². The fourth-order valence-electron chi connectivity index (χ4n) is 3.42. The standard InChI is InChI=1S/C26H50O4/c1-23(2)17-11-7-9-15-21-29-25(27)19-13-5-6-14-20-26(28)30-22-16-10-8-12-18-24(3)4/h23-24H,5-22H2,1-4H3. The van der Waals surface area contributed by atoms with Gasteiger partial charge in [0.05, 0.1) is 13.2 Å². The van der Waals surface area contributed by atoms with Crippen molar-refractivity contribution in [2.45, 2.75) is 130 Å². The summed E-state index contributed by atoms with van der Waals surface area (Å²) in [6, 6.07) is 0. The lowest BCUT2D eigenvalue weighted by Crippen LogP contribution is -2.06. The molecule has 0 amide bonds. The highest BCUT2D eigenvalue weighted by molar-refractivity contribution is 5.69. The van der Waals surface area contributed by atoms with E-state index in [0.717, 1.165) is 63.2 Å². The molecule has 4 heteroatoms. The SMILES string of the molecule is CC(C)CCCCCCOC(=O)CCCCCCC(=O)OCCCCCCC(C)C. The molecule has 0 aromatic rings. The lowest BCUT2D eigenvalue weighted by atomic mass is 10.0. The van der Waals surface area contributed by atoms with Gasteiger partial charge in [0.2, 0.25) is 0 Å². The summed E-state index contributed by atoms with van der Waals surface area (Å²) in [6.07, 6.45) is 16.5. The normalized spacial score (nSPS) is 11.3.